The molecule has 1 aromatic heterocycles. The molecular weight excluding hydrogens is 410 g/mol. The maximum atomic E-state index is 13.1. The van der Waals surface area contributed by atoms with E-state index in [1.807, 2.05) is 0 Å². The molecule has 9 heteroatoms. The number of anilines is 1. The second kappa shape index (κ2) is 8.26. The normalized spacial score (nSPS) is 14.1. The largest absolute Gasteiger partial charge is 0.277 e. The topological polar surface area (TPSA) is 113 Å². The van der Waals surface area contributed by atoms with Crippen LogP contribution in [0.4, 0.5) is 5.95 Å². The van der Waals surface area contributed by atoms with E-state index < -0.39 is 23.8 Å². The molecule has 3 aromatic rings. The van der Waals surface area contributed by atoms with Gasteiger partial charge in [0.15, 0.2) is 0 Å². The molecule has 1 aliphatic heterocycles. The van der Waals surface area contributed by atoms with Crippen LogP contribution >= 0.6 is 0 Å². The molecule has 0 radical (unpaired) electrons. The van der Waals surface area contributed by atoms with Gasteiger partial charge in [0.2, 0.25) is 5.95 Å². The summed E-state index contributed by atoms with van der Waals surface area (Å²) in [4.78, 5) is 57.0. The highest BCUT2D eigenvalue weighted by Gasteiger charge is 2.43. The van der Waals surface area contributed by atoms with Crippen molar-refractivity contribution >= 4 is 34.6 Å². The summed E-state index contributed by atoms with van der Waals surface area (Å²) in [7, 11) is 0. The molecule has 4 rings (SSSR count). The summed E-state index contributed by atoms with van der Waals surface area (Å²) < 4.78 is 1.40. The Balaban J connectivity index is 1.61. The molecule has 1 unspecified atom stereocenters. The Hall–Kier alpha value is -4.01. The van der Waals surface area contributed by atoms with Crippen molar-refractivity contribution in [1.29, 1.82) is 0 Å². The molecule has 32 heavy (non-hydrogen) atoms. The number of aromatic nitrogens is 2. The molecular formula is C23H23N5O4. The fourth-order valence-corrected chi connectivity index (χ4v) is 3.93. The zero-order valence-corrected chi connectivity index (χ0v) is 18.0. The minimum Gasteiger partial charge on any atom is -0.277 e. The minimum atomic E-state index is -1.04. The Morgan fingerprint density at radius 2 is 1.56 bits per heavy atom. The van der Waals surface area contributed by atoms with Gasteiger partial charge in [-0.15, -0.1) is 0 Å². The van der Waals surface area contributed by atoms with Crippen molar-refractivity contribution in [2.24, 2.45) is 5.92 Å². The van der Waals surface area contributed by atoms with Crippen molar-refractivity contribution in [3.63, 3.8) is 0 Å². The number of rotatable bonds is 6. The third-order valence-corrected chi connectivity index (χ3v) is 5.48. The first kappa shape index (κ1) is 21.2. The summed E-state index contributed by atoms with van der Waals surface area (Å²) in [5.74, 6) is -1.78. The predicted octanol–water partition coefficient (Wildman–Crippen LogP) is 2.18. The molecule has 164 valence electrons. The van der Waals surface area contributed by atoms with Gasteiger partial charge in [-0.3, -0.25) is 39.5 Å². The van der Waals surface area contributed by atoms with Crippen molar-refractivity contribution in [3.05, 3.63) is 70.0 Å². The van der Waals surface area contributed by atoms with Gasteiger partial charge in [-0.2, -0.15) is 0 Å². The number of carbonyl (C=O) groups excluding carboxylic acids is 3. The molecule has 3 amide bonds. The van der Waals surface area contributed by atoms with Gasteiger partial charge in [-0.05, 0) is 37.1 Å². The molecule has 0 saturated carbocycles. The number of hydrazine groups is 1. The van der Waals surface area contributed by atoms with E-state index in [9.17, 15) is 19.2 Å². The van der Waals surface area contributed by atoms with Gasteiger partial charge in [0.05, 0.1) is 22.0 Å². The van der Waals surface area contributed by atoms with E-state index >= 15 is 0 Å². The molecule has 2 N–H and O–H groups in total. The van der Waals surface area contributed by atoms with E-state index in [2.05, 4.69) is 15.8 Å². The van der Waals surface area contributed by atoms with Crippen LogP contribution in [0, 0.1) is 5.92 Å². The minimum absolute atomic E-state index is 0.161. The van der Waals surface area contributed by atoms with Crippen LogP contribution in [0.25, 0.3) is 10.9 Å². The third-order valence-electron chi connectivity index (χ3n) is 5.48. The number of hydrogen-bond acceptors (Lipinski definition) is 6. The quantitative estimate of drug-likeness (QED) is 0.455. The molecule has 1 aliphatic rings. The monoisotopic (exact) mass is 433 g/mol. The van der Waals surface area contributed by atoms with E-state index in [1.165, 1.54) is 4.57 Å². The van der Waals surface area contributed by atoms with Gasteiger partial charge >= 0.3 is 0 Å². The maximum Gasteiger partial charge on any atom is 0.262 e. The zero-order chi connectivity index (χ0) is 23.0. The maximum absolute atomic E-state index is 13.1. The lowest BCUT2D eigenvalue weighted by molar-refractivity contribution is -0.125. The molecule has 9 nitrogen and oxygen atoms in total. The van der Waals surface area contributed by atoms with Crippen LogP contribution in [0.5, 0.6) is 0 Å². The Bertz CT molecular complexity index is 1260. The van der Waals surface area contributed by atoms with Gasteiger partial charge in [-0.1, -0.05) is 38.1 Å². The SMILES string of the molecule is CCn1c(NNC(=O)C(C(C)C)N2C(=O)c3ccccc3C2=O)nc2ccccc2c1=O. The molecule has 2 aromatic carbocycles. The number of fused-ring (bicyclic) bond motifs is 2. The zero-order valence-electron chi connectivity index (χ0n) is 18.0. The summed E-state index contributed by atoms with van der Waals surface area (Å²) in [6.45, 7) is 5.63. The third kappa shape index (κ3) is 3.41. The predicted molar refractivity (Wildman–Crippen MR) is 119 cm³/mol. The number of amides is 3. The Morgan fingerprint density at radius 1 is 0.969 bits per heavy atom. The number of benzene rings is 2. The lowest BCUT2D eigenvalue weighted by Gasteiger charge is -2.28. The Morgan fingerprint density at radius 3 is 2.16 bits per heavy atom. The molecule has 0 aliphatic carbocycles. The summed E-state index contributed by atoms with van der Waals surface area (Å²) in [6, 6.07) is 12.4. The van der Waals surface area contributed by atoms with Crippen LogP contribution in [0.15, 0.2) is 53.3 Å². The number of hydrogen-bond donors (Lipinski definition) is 2. The number of carbonyl (C=O) groups is 3. The van der Waals surface area contributed by atoms with Gasteiger partial charge in [0, 0.05) is 6.54 Å². The van der Waals surface area contributed by atoms with Crippen molar-refractivity contribution in [3.8, 4) is 0 Å². The average Bonchev–Trinajstić information content (AvgIpc) is 3.03. The van der Waals surface area contributed by atoms with Crippen LogP contribution in [0.2, 0.25) is 0 Å². The highest BCUT2D eigenvalue weighted by molar-refractivity contribution is 6.22. The van der Waals surface area contributed by atoms with E-state index in [0.717, 1.165) is 4.90 Å². The van der Waals surface area contributed by atoms with Crippen LogP contribution in [0.3, 0.4) is 0 Å². The van der Waals surface area contributed by atoms with Gasteiger partial charge in [0.1, 0.15) is 6.04 Å². The molecule has 0 saturated heterocycles. The van der Waals surface area contributed by atoms with Crippen LogP contribution < -0.4 is 16.4 Å². The van der Waals surface area contributed by atoms with Crippen molar-refractivity contribution in [1.82, 2.24) is 19.9 Å². The standard InChI is InChI=1S/C23H23N5O4/c1-4-27-20(30)16-11-7-8-12-17(16)24-23(27)26-25-19(29)18(13(2)3)28-21(31)14-9-5-6-10-15(14)22(28)32/h5-13,18H,4H2,1-3H3,(H,24,26)(H,25,29). The van der Waals surface area contributed by atoms with Crippen LogP contribution in [0.1, 0.15) is 41.5 Å². The number of para-hydroxylation sites is 1. The Kier molecular flexibility index (Phi) is 5.48. The van der Waals surface area contributed by atoms with Crippen molar-refractivity contribution in [2.75, 3.05) is 5.43 Å². The number of nitrogens with one attached hydrogen (secondary N) is 2. The van der Waals surface area contributed by atoms with Crippen molar-refractivity contribution in [2.45, 2.75) is 33.4 Å². The molecule has 1 atom stereocenters. The first-order valence-electron chi connectivity index (χ1n) is 10.4. The molecule has 0 fully saturated rings. The summed E-state index contributed by atoms with van der Waals surface area (Å²) in [5.41, 5.74) is 6.05. The van der Waals surface area contributed by atoms with E-state index in [1.54, 1.807) is 69.3 Å². The van der Waals surface area contributed by atoms with E-state index in [0.29, 0.717) is 17.4 Å². The summed E-state index contributed by atoms with van der Waals surface area (Å²) in [6.07, 6.45) is 0. The van der Waals surface area contributed by atoms with E-state index in [4.69, 9.17) is 0 Å². The molecule has 2 heterocycles. The van der Waals surface area contributed by atoms with Crippen molar-refractivity contribution < 1.29 is 14.4 Å². The van der Waals surface area contributed by atoms with Crippen LogP contribution in [-0.2, 0) is 11.3 Å². The highest BCUT2D eigenvalue weighted by atomic mass is 16.2. The number of imide groups is 1. The van der Waals surface area contributed by atoms with Gasteiger partial charge in [0.25, 0.3) is 23.3 Å². The average molecular weight is 433 g/mol. The van der Waals surface area contributed by atoms with Gasteiger partial charge < -0.3 is 0 Å². The van der Waals surface area contributed by atoms with E-state index in [-0.39, 0.29) is 28.6 Å². The smallest absolute Gasteiger partial charge is 0.262 e. The first-order chi connectivity index (χ1) is 15.3. The molecule has 0 bridgehead atoms. The van der Waals surface area contributed by atoms with Gasteiger partial charge in [-0.25, -0.2) is 4.98 Å². The summed E-state index contributed by atoms with van der Waals surface area (Å²) >= 11 is 0. The van der Waals surface area contributed by atoms with Crippen LogP contribution in [-0.4, -0.2) is 38.2 Å². The summed E-state index contributed by atoms with van der Waals surface area (Å²) in [5, 5.41) is 0.470. The lowest BCUT2D eigenvalue weighted by Crippen LogP contribution is -2.53. The number of nitrogens with zero attached hydrogens (tertiary/aromatic N) is 3. The Labute approximate surface area is 184 Å². The second-order valence-electron chi connectivity index (χ2n) is 7.83. The fraction of sp³-hybridized carbons (Fsp3) is 0.261. The fourth-order valence-electron chi connectivity index (χ4n) is 3.93. The highest BCUT2D eigenvalue weighted by Crippen LogP contribution is 2.27. The lowest BCUT2D eigenvalue weighted by atomic mass is 10.0. The first-order valence-corrected chi connectivity index (χ1v) is 10.4. The molecule has 0 spiro atoms. The second-order valence-corrected chi connectivity index (χ2v) is 7.83.